The molecular formula is C15H17ClN6O3S. The normalized spacial score (nSPS) is 17.5. The first-order valence-electron chi connectivity index (χ1n) is 8.07. The van der Waals surface area contributed by atoms with Gasteiger partial charge in [-0.3, -0.25) is 4.40 Å². The molecule has 0 radical (unpaired) electrons. The fourth-order valence-electron chi connectivity index (χ4n) is 3.13. The molecule has 0 bridgehead atoms. The Balaban J connectivity index is 1.70. The average molecular weight is 397 g/mol. The maximum absolute atomic E-state index is 13.0. The average Bonchev–Trinajstić information content (AvgIpc) is 3.15. The Morgan fingerprint density at radius 2 is 2.23 bits per heavy atom. The summed E-state index contributed by atoms with van der Waals surface area (Å²) in [6, 6.07) is 4.69. The monoisotopic (exact) mass is 396 g/mol. The van der Waals surface area contributed by atoms with E-state index in [0.29, 0.717) is 30.3 Å². The van der Waals surface area contributed by atoms with Crippen LogP contribution in [-0.4, -0.2) is 39.7 Å². The summed E-state index contributed by atoms with van der Waals surface area (Å²) < 4.78 is 36.9. The number of methoxy groups -OCH3 is 1. The molecule has 0 saturated carbocycles. The molecule has 4 heterocycles. The second-order valence-corrected chi connectivity index (χ2v) is 7.98. The molecule has 9 nitrogen and oxygen atoms in total. The summed E-state index contributed by atoms with van der Waals surface area (Å²) in [4.78, 5) is 8.52. The van der Waals surface area contributed by atoms with Gasteiger partial charge in [-0.1, -0.05) is 17.7 Å². The standard InChI is InChI=1S/C15H17ClN6O3S/c1-25-9-11-17-14-10(5-4-8-22(14)19-11)20-26(23,24)15-13(16)18-12-6-2-3-7-21(12)15/h2-3,6-7,10,20H,4-5,8-9H2,1H3/t10-/m0/s1. The number of imidazole rings is 1. The topological polar surface area (TPSA) is 103 Å². The molecule has 0 unspecified atom stereocenters. The number of hydrogen-bond acceptors (Lipinski definition) is 6. The number of rotatable bonds is 5. The number of ether oxygens (including phenoxy) is 1. The van der Waals surface area contributed by atoms with Crippen LogP contribution < -0.4 is 4.72 Å². The van der Waals surface area contributed by atoms with Gasteiger partial charge in [-0.25, -0.2) is 23.1 Å². The number of halogens is 1. The molecule has 1 N–H and O–H groups in total. The van der Waals surface area contributed by atoms with Crippen molar-refractivity contribution >= 4 is 27.3 Å². The van der Waals surface area contributed by atoms with Gasteiger partial charge in [0, 0.05) is 19.9 Å². The molecule has 11 heteroatoms. The highest BCUT2D eigenvalue weighted by Crippen LogP contribution is 2.28. The van der Waals surface area contributed by atoms with E-state index in [0.717, 1.165) is 6.42 Å². The lowest BCUT2D eigenvalue weighted by Gasteiger charge is -2.22. The first-order valence-corrected chi connectivity index (χ1v) is 9.93. The van der Waals surface area contributed by atoms with Crippen LogP contribution in [0.3, 0.4) is 0 Å². The number of fused-ring (bicyclic) bond motifs is 2. The van der Waals surface area contributed by atoms with Crippen molar-refractivity contribution in [3.8, 4) is 0 Å². The van der Waals surface area contributed by atoms with Crippen LogP contribution in [-0.2, 0) is 27.9 Å². The molecule has 138 valence electrons. The molecule has 1 aliphatic rings. The zero-order valence-electron chi connectivity index (χ0n) is 14.0. The van der Waals surface area contributed by atoms with Crippen LogP contribution in [0, 0.1) is 0 Å². The lowest BCUT2D eigenvalue weighted by Crippen LogP contribution is -2.34. The number of nitrogens with zero attached hydrogens (tertiary/aromatic N) is 5. The maximum atomic E-state index is 13.0. The molecular weight excluding hydrogens is 380 g/mol. The van der Waals surface area contributed by atoms with Crippen molar-refractivity contribution in [3.63, 3.8) is 0 Å². The quantitative estimate of drug-likeness (QED) is 0.701. The molecule has 4 rings (SSSR count). The SMILES string of the molecule is COCc1nc2n(n1)CCC[C@@H]2NS(=O)(=O)c1c(Cl)nc2ccccn12. The zero-order valence-corrected chi connectivity index (χ0v) is 15.5. The van der Waals surface area contributed by atoms with E-state index >= 15 is 0 Å². The summed E-state index contributed by atoms with van der Waals surface area (Å²) in [6.45, 7) is 0.971. The van der Waals surface area contributed by atoms with Gasteiger partial charge in [0.15, 0.2) is 16.0 Å². The Kier molecular flexibility index (Phi) is 4.43. The molecule has 3 aromatic heterocycles. The van der Waals surface area contributed by atoms with Crippen LogP contribution in [0.1, 0.15) is 30.5 Å². The summed E-state index contributed by atoms with van der Waals surface area (Å²) in [6.07, 6.45) is 3.03. The van der Waals surface area contributed by atoms with E-state index in [1.807, 2.05) is 0 Å². The van der Waals surface area contributed by atoms with Gasteiger partial charge in [0.05, 0.1) is 6.04 Å². The van der Waals surface area contributed by atoms with E-state index in [9.17, 15) is 8.42 Å². The number of pyridine rings is 1. The highest BCUT2D eigenvalue weighted by Gasteiger charge is 2.32. The second kappa shape index (κ2) is 6.62. The predicted molar refractivity (Wildman–Crippen MR) is 93.2 cm³/mol. The molecule has 0 amide bonds. The third-order valence-electron chi connectivity index (χ3n) is 4.19. The van der Waals surface area contributed by atoms with Crippen molar-refractivity contribution in [2.45, 2.75) is 37.1 Å². The minimum Gasteiger partial charge on any atom is -0.377 e. The summed E-state index contributed by atoms with van der Waals surface area (Å²) >= 11 is 6.11. The molecule has 0 spiro atoms. The van der Waals surface area contributed by atoms with Crippen molar-refractivity contribution in [1.29, 1.82) is 0 Å². The van der Waals surface area contributed by atoms with Crippen molar-refractivity contribution in [1.82, 2.24) is 28.9 Å². The smallest absolute Gasteiger partial charge is 0.260 e. The number of sulfonamides is 1. The molecule has 3 aromatic rings. The zero-order chi connectivity index (χ0) is 18.3. The van der Waals surface area contributed by atoms with Crippen molar-refractivity contribution in [2.75, 3.05) is 7.11 Å². The molecule has 0 saturated heterocycles. The van der Waals surface area contributed by atoms with Gasteiger partial charge in [-0.05, 0) is 25.0 Å². The van der Waals surface area contributed by atoms with Gasteiger partial charge < -0.3 is 4.74 Å². The first kappa shape index (κ1) is 17.4. The number of aromatic nitrogens is 5. The minimum atomic E-state index is -3.91. The van der Waals surface area contributed by atoms with Crippen LogP contribution in [0.5, 0.6) is 0 Å². The highest BCUT2D eigenvalue weighted by atomic mass is 35.5. The van der Waals surface area contributed by atoms with Gasteiger partial charge in [0.25, 0.3) is 10.0 Å². The first-order chi connectivity index (χ1) is 12.5. The summed E-state index contributed by atoms with van der Waals surface area (Å²) in [5, 5.41) is 4.20. The third-order valence-corrected chi connectivity index (χ3v) is 6.06. The van der Waals surface area contributed by atoms with E-state index in [1.165, 1.54) is 4.40 Å². The Labute approximate surface area is 155 Å². The van der Waals surface area contributed by atoms with Gasteiger partial charge in [-0.2, -0.15) is 9.82 Å². The van der Waals surface area contributed by atoms with Crippen molar-refractivity contribution < 1.29 is 13.2 Å². The van der Waals surface area contributed by atoms with Crippen LogP contribution in [0.15, 0.2) is 29.4 Å². The second-order valence-electron chi connectivity index (χ2n) is 6.00. The van der Waals surface area contributed by atoms with E-state index < -0.39 is 16.1 Å². The van der Waals surface area contributed by atoms with E-state index in [2.05, 4.69) is 19.8 Å². The fourth-order valence-corrected chi connectivity index (χ4v) is 5.00. The van der Waals surface area contributed by atoms with Crippen LogP contribution in [0.4, 0.5) is 0 Å². The Hall–Kier alpha value is -2.01. The predicted octanol–water partition coefficient (Wildman–Crippen LogP) is 1.54. The summed E-state index contributed by atoms with van der Waals surface area (Å²) in [7, 11) is -2.35. The van der Waals surface area contributed by atoms with Gasteiger partial charge >= 0.3 is 0 Å². The van der Waals surface area contributed by atoms with Crippen LogP contribution >= 0.6 is 11.6 Å². The van der Waals surface area contributed by atoms with Gasteiger partial charge in [0.1, 0.15) is 18.1 Å². The van der Waals surface area contributed by atoms with E-state index in [4.69, 9.17) is 16.3 Å². The third kappa shape index (κ3) is 2.98. The Morgan fingerprint density at radius 3 is 3.04 bits per heavy atom. The molecule has 1 aliphatic heterocycles. The molecule has 1 atom stereocenters. The summed E-state index contributed by atoms with van der Waals surface area (Å²) in [5.74, 6) is 1.11. The van der Waals surface area contributed by atoms with Crippen LogP contribution in [0.25, 0.3) is 5.65 Å². The molecule has 0 fully saturated rings. The lowest BCUT2D eigenvalue weighted by atomic mass is 10.1. The molecule has 0 aromatic carbocycles. The number of hydrogen-bond donors (Lipinski definition) is 1. The number of nitrogens with one attached hydrogen (secondary N) is 1. The van der Waals surface area contributed by atoms with Crippen molar-refractivity contribution in [3.05, 3.63) is 41.2 Å². The fraction of sp³-hybridized carbons (Fsp3) is 0.400. The van der Waals surface area contributed by atoms with Gasteiger partial charge in [0.2, 0.25) is 0 Å². The van der Waals surface area contributed by atoms with Crippen molar-refractivity contribution in [2.24, 2.45) is 0 Å². The number of aryl methyl sites for hydroxylation is 1. The molecule has 0 aliphatic carbocycles. The van der Waals surface area contributed by atoms with E-state index in [1.54, 1.807) is 36.2 Å². The van der Waals surface area contributed by atoms with Gasteiger partial charge in [-0.15, -0.1) is 0 Å². The minimum absolute atomic E-state index is 0.0685. The Bertz CT molecular complexity index is 1060. The lowest BCUT2D eigenvalue weighted by molar-refractivity contribution is 0.177. The van der Waals surface area contributed by atoms with Crippen LogP contribution in [0.2, 0.25) is 5.15 Å². The highest BCUT2D eigenvalue weighted by molar-refractivity contribution is 7.89. The summed E-state index contributed by atoms with van der Waals surface area (Å²) in [5.41, 5.74) is 0.465. The largest absolute Gasteiger partial charge is 0.377 e. The molecule has 26 heavy (non-hydrogen) atoms. The van der Waals surface area contributed by atoms with E-state index in [-0.39, 0.29) is 16.8 Å². The maximum Gasteiger partial charge on any atom is 0.260 e. The Morgan fingerprint density at radius 1 is 1.38 bits per heavy atom.